The first kappa shape index (κ1) is 20.2. The Morgan fingerprint density at radius 1 is 0.935 bits per heavy atom. The molecular formula is C24H29N5O2. The Kier molecular flexibility index (Phi) is 5.48. The molecule has 3 unspecified atom stereocenters. The fourth-order valence-corrected chi connectivity index (χ4v) is 5.06. The highest BCUT2D eigenvalue weighted by Gasteiger charge is 2.55. The second-order valence-corrected chi connectivity index (χ2v) is 8.60. The molecule has 2 aromatic carbocycles. The molecule has 5 rings (SSSR count). The minimum Gasteiger partial charge on any atom is -0.310 e. The van der Waals surface area contributed by atoms with E-state index in [0.29, 0.717) is 6.54 Å². The molecule has 2 aromatic rings. The zero-order valence-electron chi connectivity index (χ0n) is 17.9. The first-order valence-corrected chi connectivity index (χ1v) is 11.1. The van der Waals surface area contributed by atoms with Crippen LogP contribution < -0.4 is 5.32 Å². The SMILES string of the molecule is CN1C(=O)N(Cc2ccccc2)C(=O)C2C1NC1N(CCc3ccccc3)CCCN21. The zero-order valence-corrected chi connectivity index (χ0v) is 17.9. The van der Waals surface area contributed by atoms with Gasteiger partial charge >= 0.3 is 6.03 Å². The maximum absolute atomic E-state index is 13.5. The third-order valence-corrected chi connectivity index (χ3v) is 6.68. The molecule has 3 saturated heterocycles. The maximum Gasteiger partial charge on any atom is 0.328 e. The van der Waals surface area contributed by atoms with Crippen LogP contribution in [0.1, 0.15) is 17.5 Å². The van der Waals surface area contributed by atoms with Gasteiger partial charge in [-0.15, -0.1) is 0 Å². The summed E-state index contributed by atoms with van der Waals surface area (Å²) in [5.74, 6) is -0.100. The van der Waals surface area contributed by atoms with Crippen molar-refractivity contribution in [3.05, 3.63) is 71.8 Å². The number of amides is 3. The molecular weight excluding hydrogens is 390 g/mol. The molecule has 3 amide bonds. The second-order valence-electron chi connectivity index (χ2n) is 8.60. The number of hydrogen-bond donors (Lipinski definition) is 1. The van der Waals surface area contributed by atoms with Crippen molar-refractivity contribution < 1.29 is 9.59 Å². The van der Waals surface area contributed by atoms with Crippen molar-refractivity contribution in [2.24, 2.45) is 0 Å². The first-order valence-electron chi connectivity index (χ1n) is 11.1. The number of nitrogens with one attached hydrogen (secondary N) is 1. The number of rotatable bonds is 5. The van der Waals surface area contributed by atoms with Crippen molar-refractivity contribution in [2.75, 3.05) is 26.7 Å². The molecule has 0 saturated carbocycles. The second kappa shape index (κ2) is 8.42. The summed E-state index contributed by atoms with van der Waals surface area (Å²) < 4.78 is 0. The molecule has 3 aliphatic heterocycles. The Hall–Kier alpha value is -2.74. The highest BCUT2D eigenvalue weighted by atomic mass is 16.2. The maximum atomic E-state index is 13.5. The highest BCUT2D eigenvalue weighted by Crippen LogP contribution is 2.31. The number of likely N-dealkylation sites (N-methyl/N-ethyl adjacent to an activating group) is 1. The summed E-state index contributed by atoms with van der Waals surface area (Å²) in [4.78, 5) is 34.3. The Morgan fingerprint density at radius 2 is 1.61 bits per heavy atom. The molecule has 0 radical (unpaired) electrons. The lowest BCUT2D eigenvalue weighted by molar-refractivity contribution is -0.140. The number of imide groups is 1. The van der Waals surface area contributed by atoms with Crippen LogP contribution in [0.25, 0.3) is 0 Å². The monoisotopic (exact) mass is 419 g/mol. The van der Waals surface area contributed by atoms with Crippen LogP contribution in [0.2, 0.25) is 0 Å². The van der Waals surface area contributed by atoms with E-state index in [9.17, 15) is 9.59 Å². The van der Waals surface area contributed by atoms with E-state index in [-0.39, 0.29) is 30.4 Å². The van der Waals surface area contributed by atoms with Crippen molar-refractivity contribution in [3.63, 3.8) is 0 Å². The van der Waals surface area contributed by atoms with Crippen molar-refractivity contribution in [1.82, 2.24) is 24.9 Å². The van der Waals surface area contributed by atoms with Gasteiger partial charge in [0.25, 0.3) is 5.91 Å². The third kappa shape index (κ3) is 3.73. The molecule has 0 bridgehead atoms. The number of fused-ring (bicyclic) bond motifs is 3. The van der Waals surface area contributed by atoms with E-state index in [0.717, 1.165) is 38.0 Å². The number of benzene rings is 2. The normalized spacial score (nSPS) is 26.8. The lowest BCUT2D eigenvalue weighted by Gasteiger charge is -2.43. The van der Waals surface area contributed by atoms with Gasteiger partial charge < -0.3 is 4.90 Å². The van der Waals surface area contributed by atoms with Crippen LogP contribution in [0, 0.1) is 0 Å². The lowest BCUT2D eigenvalue weighted by atomic mass is 10.1. The van der Waals surface area contributed by atoms with E-state index < -0.39 is 0 Å². The van der Waals surface area contributed by atoms with E-state index in [1.54, 1.807) is 11.9 Å². The van der Waals surface area contributed by atoms with E-state index in [1.807, 2.05) is 36.4 Å². The Morgan fingerprint density at radius 3 is 2.32 bits per heavy atom. The lowest BCUT2D eigenvalue weighted by Crippen LogP contribution is -2.66. The summed E-state index contributed by atoms with van der Waals surface area (Å²) in [5.41, 5.74) is 2.27. The number of hydrogen-bond acceptors (Lipinski definition) is 5. The first-order chi connectivity index (χ1) is 15.1. The van der Waals surface area contributed by atoms with Gasteiger partial charge in [0.2, 0.25) is 0 Å². The standard InChI is InChI=1S/C24H29N5O2/c1-26-21-20(22(30)29(24(26)31)17-19-11-6-3-7-12-19)28-15-8-14-27(23(28)25-21)16-13-18-9-4-2-5-10-18/h2-7,9-12,20-21,23,25H,8,13-17H2,1H3. The van der Waals surface area contributed by atoms with Crippen LogP contribution in [-0.4, -0.2) is 76.7 Å². The molecule has 3 fully saturated rings. The summed E-state index contributed by atoms with van der Waals surface area (Å²) in [5, 5.41) is 3.59. The molecule has 162 valence electrons. The Balaban J connectivity index is 1.34. The molecule has 3 heterocycles. The van der Waals surface area contributed by atoms with Crippen LogP contribution in [0.15, 0.2) is 60.7 Å². The predicted molar refractivity (Wildman–Crippen MR) is 118 cm³/mol. The van der Waals surface area contributed by atoms with Gasteiger partial charge in [-0.1, -0.05) is 60.7 Å². The topological polar surface area (TPSA) is 59.1 Å². The largest absolute Gasteiger partial charge is 0.328 e. The van der Waals surface area contributed by atoms with E-state index >= 15 is 0 Å². The molecule has 0 aromatic heterocycles. The van der Waals surface area contributed by atoms with Crippen molar-refractivity contribution in [2.45, 2.75) is 37.9 Å². The van der Waals surface area contributed by atoms with Gasteiger partial charge in [-0.2, -0.15) is 0 Å². The minimum absolute atomic E-state index is 0.0247. The average molecular weight is 420 g/mol. The fraction of sp³-hybridized carbons (Fsp3) is 0.417. The van der Waals surface area contributed by atoms with Crippen LogP contribution in [0.3, 0.4) is 0 Å². The van der Waals surface area contributed by atoms with Gasteiger partial charge in [0.15, 0.2) is 0 Å². The molecule has 0 aliphatic carbocycles. The minimum atomic E-state index is -0.351. The van der Waals surface area contributed by atoms with E-state index in [4.69, 9.17) is 0 Å². The van der Waals surface area contributed by atoms with Gasteiger partial charge in [0.05, 0.1) is 6.54 Å². The van der Waals surface area contributed by atoms with Crippen molar-refractivity contribution >= 4 is 11.9 Å². The van der Waals surface area contributed by atoms with Crippen LogP contribution in [0.4, 0.5) is 4.79 Å². The summed E-state index contributed by atoms with van der Waals surface area (Å²) in [7, 11) is 1.80. The third-order valence-electron chi connectivity index (χ3n) is 6.68. The molecule has 31 heavy (non-hydrogen) atoms. The van der Waals surface area contributed by atoms with E-state index in [1.165, 1.54) is 10.5 Å². The number of carbonyl (C=O) groups is 2. The fourth-order valence-electron chi connectivity index (χ4n) is 5.06. The number of nitrogens with zero attached hydrogens (tertiary/aromatic N) is 4. The van der Waals surface area contributed by atoms with Crippen LogP contribution >= 0.6 is 0 Å². The average Bonchev–Trinajstić information content (AvgIpc) is 3.21. The molecule has 7 nitrogen and oxygen atoms in total. The molecule has 3 atom stereocenters. The Bertz CT molecular complexity index is 938. The van der Waals surface area contributed by atoms with E-state index in [2.05, 4.69) is 39.4 Å². The molecule has 3 aliphatic rings. The van der Waals surface area contributed by atoms with Gasteiger partial charge in [0.1, 0.15) is 18.5 Å². The summed E-state index contributed by atoms with van der Waals surface area (Å²) in [6.07, 6.45) is 1.66. The zero-order chi connectivity index (χ0) is 21.4. The summed E-state index contributed by atoms with van der Waals surface area (Å²) >= 11 is 0. The van der Waals surface area contributed by atoms with Gasteiger partial charge in [0, 0.05) is 26.7 Å². The summed E-state index contributed by atoms with van der Waals surface area (Å²) in [6, 6.07) is 19.6. The van der Waals surface area contributed by atoms with Crippen molar-refractivity contribution in [3.8, 4) is 0 Å². The molecule has 1 N–H and O–H groups in total. The smallest absolute Gasteiger partial charge is 0.310 e. The molecule has 7 heteroatoms. The predicted octanol–water partition coefficient (Wildman–Crippen LogP) is 1.91. The quantitative estimate of drug-likeness (QED) is 0.802. The highest BCUT2D eigenvalue weighted by molar-refractivity contribution is 6.00. The van der Waals surface area contributed by atoms with Gasteiger partial charge in [-0.25, -0.2) is 4.79 Å². The summed E-state index contributed by atoms with van der Waals surface area (Å²) in [6.45, 7) is 3.06. The van der Waals surface area contributed by atoms with Crippen LogP contribution in [-0.2, 0) is 17.8 Å². The number of urea groups is 1. The van der Waals surface area contributed by atoms with Crippen molar-refractivity contribution in [1.29, 1.82) is 0 Å². The van der Waals surface area contributed by atoms with Gasteiger partial charge in [-0.3, -0.25) is 24.8 Å². The molecule has 0 spiro atoms. The van der Waals surface area contributed by atoms with Gasteiger partial charge in [-0.05, 0) is 24.0 Å². The number of carbonyl (C=O) groups excluding carboxylic acids is 2. The van der Waals surface area contributed by atoms with Crippen LogP contribution in [0.5, 0.6) is 0 Å². The Labute approximate surface area is 183 Å².